The first kappa shape index (κ1) is 13.8. The maximum Gasteiger partial charge on any atom is 0.314 e. The van der Waals surface area contributed by atoms with Crippen LogP contribution in [0.1, 0.15) is 27.2 Å². The zero-order chi connectivity index (χ0) is 11.8. The van der Waals surface area contributed by atoms with Gasteiger partial charge in [-0.15, -0.1) is 0 Å². The van der Waals surface area contributed by atoms with Crippen LogP contribution in [0.5, 0.6) is 0 Å². The summed E-state index contributed by atoms with van der Waals surface area (Å²) in [5.41, 5.74) is 8.28. The fourth-order valence-electron chi connectivity index (χ4n) is 1.10. The van der Waals surface area contributed by atoms with Crippen molar-refractivity contribution in [2.75, 3.05) is 6.61 Å². The van der Waals surface area contributed by atoms with Gasteiger partial charge in [0, 0.05) is 5.71 Å². The van der Waals surface area contributed by atoms with E-state index in [-0.39, 0.29) is 17.0 Å². The van der Waals surface area contributed by atoms with E-state index < -0.39 is 0 Å². The summed E-state index contributed by atoms with van der Waals surface area (Å²) in [6, 6.07) is 0. The molecule has 1 unspecified atom stereocenters. The molecule has 0 aromatic rings. The summed E-state index contributed by atoms with van der Waals surface area (Å²) in [6.45, 7) is 5.76. The molecule has 6 heteroatoms. The van der Waals surface area contributed by atoms with Crippen LogP contribution >= 0.6 is 12.2 Å². The number of hydrogen-bond donors (Lipinski definition) is 2. The second kappa shape index (κ2) is 7.17. The lowest BCUT2D eigenvalue weighted by molar-refractivity contribution is -0.145. The van der Waals surface area contributed by atoms with Crippen molar-refractivity contribution < 1.29 is 9.53 Å². The molecule has 0 aliphatic rings. The van der Waals surface area contributed by atoms with E-state index in [9.17, 15) is 4.79 Å². The van der Waals surface area contributed by atoms with Crippen molar-refractivity contribution in [2.45, 2.75) is 27.2 Å². The summed E-state index contributed by atoms with van der Waals surface area (Å²) < 4.78 is 4.91. The van der Waals surface area contributed by atoms with Gasteiger partial charge in [0.05, 0.1) is 12.5 Å². The molecule has 1 atom stereocenters. The molecule has 15 heavy (non-hydrogen) atoms. The highest BCUT2D eigenvalue weighted by atomic mass is 32.1. The van der Waals surface area contributed by atoms with Gasteiger partial charge in [0.1, 0.15) is 0 Å². The Morgan fingerprint density at radius 2 is 2.20 bits per heavy atom. The van der Waals surface area contributed by atoms with Crippen LogP contribution in [0.25, 0.3) is 0 Å². The first-order chi connectivity index (χ1) is 7.02. The number of thiocarbonyl (C=S) groups is 1. The van der Waals surface area contributed by atoms with Crippen molar-refractivity contribution in [2.24, 2.45) is 16.8 Å². The van der Waals surface area contributed by atoms with Crippen LogP contribution in [0, 0.1) is 5.92 Å². The van der Waals surface area contributed by atoms with Gasteiger partial charge in [0.15, 0.2) is 5.11 Å². The molecular formula is C9H17N3O2S. The third kappa shape index (κ3) is 5.31. The normalized spacial score (nSPS) is 13.1. The van der Waals surface area contributed by atoms with Crippen molar-refractivity contribution in [3.05, 3.63) is 0 Å². The standard InChI is InChI=1S/C9H17N3O2S/c1-4-7(8(13)14-5-2)6(3)11-12-9(10)15/h7H,4-5H2,1-3H3,(H3,10,12,15). The van der Waals surface area contributed by atoms with Crippen molar-refractivity contribution in [1.29, 1.82) is 0 Å². The fraction of sp³-hybridized carbons (Fsp3) is 0.667. The topological polar surface area (TPSA) is 76.7 Å². The lowest BCUT2D eigenvalue weighted by atomic mass is 10.0. The quantitative estimate of drug-likeness (QED) is 0.316. The van der Waals surface area contributed by atoms with Crippen LogP contribution in [0.2, 0.25) is 0 Å². The van der Waals surface area contributed by atoms with E-state index in [0.717, 1.165) is 0 Å². The minimum Gasteiger partial charge on any atom is -0.465 e. The van der Waals surface area contributed by atoms with Crippen LogP contribution in [-0.2, 0) is 9.53 Å². The molecule has 0 aliphatic carbocycles. The van der Waals surface area contributed by atoms with Gasteiger partial charge in [-0.3, -0.25) is 10.2 Å². The Balaban J connectivity index is 4.45. The Morgan fingerprint density at radius 1 is 1.60 bits per heavy atom. The molecule has 0 heterocycles. The lowest BCUT2D eigenvalue weighted by Crippen LogP contribution is -2.29. The Hall–Kier alpha value is -1.17. The average molecular weight is 231 g/mol. The van der Waals surface area contributed by atoms with Gasteiger partial charge in [-0.25, -0.2) is 0 Å². The number of nitrogens with zero attached hydrogens (tertiary/aromatic N) is 1. The molecule has 0 fully saturated rings. The smallest absolute Gasteiger partial charge is 0.314 e. The van der Waals surface area contributed by atoms with Crippen LogP contribution in [0.15, 0.2) is 5.10 Å². The molecule has 86 valence electrons. The highest BCUT2D eigenvalue weighted by molar-refractivity contribution is 7.80. The zero-order valence-electron chi connectivity index (χ0n) is 9.24. The molecular weight excluding hydrogens is 214 g/mol. The third-order valence-corrected chi connectivity index (χ3v) is 1.92. The minimum atomic E-state index is -0.341. The van der Waals surface area contributed by atoms with Gasteiger partial charge in [-0.1, -0.05) is 6.92 Å². The molecule has 0 rings (SSSR count). The molecule has 5 nitrogen and oxygen atoms in total. The van der Waals surface area contributed by atoms with Gasteiger partial charge in [0.25, 0.3) is 0 Å². The predicted octanol–water partition coefficient (Wildman–Crippen LogP) is 0.785. The summed E-state index contributed by atoms with van der Waals surface area (Å²) in [7, 11) is 0. The number of hydrogen-bond acceptors (Lipinski definition) is 4. The first-order valence-corrected chi connectivity index (χ1v) is 5.19. The summed E-state index contributed by atoms with van der Waals surface area (Å²) in [5, 5.41) is 3.97. The van der Waals surface area contributed by atoms with E-state index in [4.69, 9.17) is 10.5 Å². The number of carbonyl (C=O) groups excluding carboxylic acids is 1. The first-order valence-electron chi connectivity index (χ1n) is 4.79. The van der Waals surface area contributed by atoms with Crippen LogP contribution in [0.3, 0.4) is 0 Å². The van der Waals surface area contributed by atoms with Crippen LogP contribution < -0.4 is 11.2 Å². The number of nitrogens with two attached hydrogens (primary N) is 1. The molecule has 0 aromatic carbocycles. The fourth-order valence-corrected chi connectivity index (χ4v) is 1.14. The molecule has 0 aliphatic heterocycles. The lowest BCUT2D eigenvalue weighted by Gasteiger charge is -2.12. The number of nitrogens with one attached hydrogen (secondary N) is 1. The number of hydrazone groups is 1. The highest BCUT2D eigenvalue weighted by Gasteiger charge is 2.20. The van der Waals surface area contributed by atoms with Gasteiger partial charge < -0.3 is 10.5 Å². The summed E-state index contributed by atoms with van der Waals surface area (Å²) in [5.74, 6) is -0.613. The molecule has 0 saturated carbocycles. The van der Waals surface area contributed by atoms with Gasteiger partial charge in [-0.2, -0.15) is 5.10 Å². The van der Waals surface area contributed by atoms with E-state index in [2.05, 4.69) is 22.7 Å². The van der Waals surface area contributed by atoms with Crippen molar-refractivity contribution in [3.63, 3.8) is 0 Å². The van der Waals surface area contributed by atoms with Gasteiger partial charge in [0.2, 0.25) is 0 Å². The predicted molar refractivity (Wildman–Crippen MR) is 63.4 cm³/mol. The van der Waals surface area contributed by atoms with E-state index in [0.29, 0.717) is 18.7 Å². The SMILES string of the molecule is CCOC(=O)C(CC)C(C)=NNC(N)=S. The number of ether oxygens (including phenoxy) is 1. The number of carbonyl (C=O) groups is 1. The van der Waals surface area contributed by atoms with Gasteiger partial charge in [-0.05, 0) is 32.5 Å². The van der Waals surface area contributed by atoms with E-state index in [1.807, 2.05) is 6.92 Å². The van der Waals surface area contributed by atoms with Crippen molar-refractivity contribution in [3.8, 4) is 0 Å². The maximum absolute atomic E-state index is 11.5. The Labute approximate surface area is 95.0 Å². The molecule has 0 amide bonds. The van der Waals surface area contributed by atoms with E-state index >= 15 is 0 Å². The molecule has 0 bridgehead atoms. The summed E-state index contributed by atoms with van der Waals surface area (Å²) in [4.78, 5) is 11.5. The Morgan fingerprint density at radius 3 is 2.60 bits per heavy atom. The largest absolute Gasteiger partial charge is 0.465 e. The summed E-state index contributed by atoms with van der Waals surface area (Å²) >= 11 is 4.60. The minimum absolute atomic E-state index is 0.0769. The summed E-state index contributed by atoms with van der Waals surface area (Å²) in [6.07, 6.45) is 0.632. The Kier molecular flexibility index (Phi) is 6.61. The van der Waals surface area contributed by atoms with E-state index in [1.165, 1.54) is 0 Å². The van der Waals surface area contributed by atoms with Gasteiger partial charge >= 0.3 is 5.97 Å². The number of rotatable bonds is 5. The molecule has 0 saturated heterocycles. The molecule has 0 aromatic heterocycles. The average Bonchev–Trinajstić information content (AvgIpc) is 2.16. The Bertz CT molecular complexity index is 266. The molecule has 0 radical (unpaired) electrons. The van der Waals surface area contributed by atoms with Crippen molar-refractivity contribution >= 4 is 29.0 Å². The van der Waals surface area contributed by atoms with E-state index in [1.54, 1.807) is 13.8 Å². The number of esters is 1. The third-order valence-electron chi connectivity index (χ3n) is 1.83. The second-order valence-corrected chi connectivity index (χ2v) is 3.38. The zero-order valence-corrected chi connectivity index (χ0v) is 10.1. The van der Waals surface area contributed by atoms with Crippen LogP contribution in [-0.4, -0.2) is 23.4 Å². The maximum atomic E-state index is 11.5. The van der Waals surface area contributed by atoms with Crippen LogP contribution in [0.4, 0.5) is 0 Å². The molecule has 3 N–H and O–H groups in total. The van der Waals surface area contributed by atoms with Crippen molar-refractivity contribution in [1.82, 2.24) is 5.43 Å². The highest BCUT2D eigenvalue weighted by Crippen LogP contribution is 2.07. The second-order valence-electron chi connectivity index (χ2n) is 2.94. The monoisotopic (exact) mass is 231 g/mol. The molecule has 0 spiro atoms.